The molecule has 96 valence electrons. The number of aryl methyl sites for hydroxylation is 1. The summed E-state index contributed by atoms with van der Waals surface area (Å²) in [4.78, 5) is 0. The molecule has 1 N–H and O–H groups in total. The van der Waals surface area contributed by atoms with Crippen molar-refractivity contribution in [3.63, 3.8) is 0 Å². The van der Waals surface area contributed by atoms with Crippen molar-refractivity contribution in [2.45, 2.75) is 19.9 Å². The summed E-state index contributed by atoms with van der Waals surface area (Å²) in [7, 11) is 0. The number of aliphatic hydroxyl groups is 1. The van der Waals surface area contributed by atoms with Crippen molar-refractivity contribution >= 4 is 0 Å². The topological polar surface area (TPSA) is 47.3 Å². The maximum atomic E-state index is 8.75. The van der Waals surface area contributed by atoms with Crippen molar-refractivity contribution < 1.29 is 9.84 Å². The van der Waals surface area contributed by atoms with E-state index in [1.54, 1.807) is 0 Å². The van der Waals surface area contributed by atoms with Crippen molar-refractivity contribution in [2.75, 3.05) is 13.2 Å². The number of benzene rings is 1. The van der Waals surface area contributed by atoms with Gasteiger partial charge < -0.3 is 9.84 Å². The second-order valence-corrected chi connectivity index (χ2v) is 4.19. The third-order valence-electron chi connectivity index (χ3n) is 2.59. The van der Waals surface area contributed by atoms with Crippen LogP contribution in [0.5, 0.6) is 5.88 Å². The number of rotatable bonds is 6. The predicted molar refractivity (Wildman–Crippen MR) is 69.7 cm³/mol. The Morgan fingerprint density at radius 3 is 2.78 bits per heavy atom. The van der Waals surface area contributed by atoms with Crippen LogP contribution >= 0.6 is 0 Å². The molecule has 0 radical (unpaired) electrons. The number of nitrogens with zero attached hydrogens (tertiary/aromatic N) is 2. The highest BCUT2D eigenvalue weighted by Gasteiger charge is 2.06. The Hall–Kier alpha value is -1.81. The van der Waals surface area contributed by atoms with Crippen LogP contribution in [0.2, 0.25) is 0 Å². The zero-order valence-electron chi connectivity index (χ0n) is 10.5. The molecule has 1 heterocycles. The van der Waals surface area contributed by atoms with Crippen LogP contribution in [0, 0.1) is 6.92 Å². The Morgan fingerprint density at radius 1 is 1.28 bits per heavy atom. The van der Waals surface area contributed by atoms with E-state index in [9.17, 15) is 0 Å². The van der Waals surface area contributed by atoms with E-state index in [4.69, 9.17) is 9.84 Å². The summed E-state index contributed by atoms with van der Waals surface area (Å²) in [5.74, 6) is 0.754. The highest BCUT2D eigenvalue weighted by molar-refractivity contribution is 5.20. The van der Waals surface area contributed by atoms with Gasteiger partial charge in [0.15, 0.2) is 0 Å². The molecule has 1 aromatic heterocycles. The maximum absolute atomic E-state index is 8.75. The number of aromatic nitrogens is 2. The van der Waals surface area contributed by atoms with Gasteiger partial charge in [-0.1, -0.05) is 30.3 Å². The highest BCUT2D eigenvalue weighted by Crippen LogP contribution is 2.15. The molecule has 0 atom stereocenters. The van der Waals surface area contributed by atoms with Gasteiger partial charge in [-0.25, -0.2) is 4.68 Å². The van der Waals surface area contributed by atoms with Crippen molar-refractivity contribution in [2.24, 2.45) is 0 Å². The van der Waals surface area contributed by atoms with Crippen LogP contribution < -0.4 is 4.74 Å². The molecule has 0 aliphatic rings. The molecule has 0 aliphatic carbocycles. The van der Waals surface area contributed by atoms with Gasteiger partial charge in [-0.15, -0.1) is 0 Å². The molecule has 0 fully saturated rings. The minimum atomic E-state index is 0.145. The van der Waals surface area contributed by atoms with E-state index in [0.29, 0.717) is 19.6 Å². The Morgan fingerprint density at radius 2 is 2.06 bits per heavy atom. The highest BCUT2D eigenvalue weighted by atomic mass is 16.5. The van der Waals surface area contributed by atoms with E-state index in [1.807, 2.05) is 35.9 Å². The normalized spacial score (nSPS) is 10.6. The largest absolute Gasteiger partial charge is 0.478 e. The molecule has 0 unspecified atom stereocenters. The van der Waals surface area contributed by atoms with Crippen LogP contribution in [0.1, 0.15) is 17.7 Å². The smallest absolute Gasteiger partial charge is 0.212 e. The summed E-state index contributed by atoms with van der Waals surface area (Å²) < 4.78 is 7.46. The third kappa shape index (κ3) is 3.34. The molecule has 1 aromatic carbocycles. The van der Waals surface area contributed by atoms with Crippen LogP contribution in [0.4, 0.5) is 0 Å². The first-order chi connectivity index (χ1) is 8.79. The molecule has 0 spiro atoms. The second kappa shape index (κ2) is 6.21. The lowest BCUT2D eigenvalue weighted by Gasteiger charge is -2.08. The monoisotopic (exact) mass is 246 g/mol. The average Bonchev–Trinajstić information content (AvgIpc) is 2.71. The number of aliphatic hydroxyl groups excluding tert-OH is 1. The Bertz CT molecular complexity index is 480. The number of ether oxygens (including phenoxy) is 1. The molecule has 0 saturated carbocycles. The average molecular weight is 246 g/mol. The summed E-state index contributed by atoms with van der Waals surface area (Å²) in [5, 5.41) is 13.2. The van der Waals surface area contributed by atoms with Crippen molar-refractivity contribution in [3.8, 4) is 5.88 Å². The van der Waals surface area contributed by atoms with Gasteiger partial charge in [-0.2, -0.15) is 5.10 Å². The van der Waals surface area contributed by atoms with E-state index in [0.717, 1.165) is 11.6 Å². The van der Waals surface area contributed by atoms with Crippen LogP contribution in [-0.4, -0.2) is 28.1 Å². The molecule has 0 bridgehead atoms. The fraction of sp³-hybridized carbons (Fsp3) is 0.357. The molecular formula is C14H18N2O2. The van der Waals surface area contributed by atoms with Crippen LogP contribution in [0.3, 0.4) is 0 Å². The second-order valence-electron chi connectivity index (χ2n) is 4.19. The fourth-order valence-electron chi connectivity index (χ4n) is 1.75. The molecule has 18 heavy (non-hydrogen) atoms. The van der Waals surface area contributed by atoms with Gasteiger partial charge in [0.25, 0.3) is 0 Å². The molecule has 2 aromatic rings. The van der Waals surface area contributed by atoms with Crippen LogP contribution in [0.15, 0.2) is 36.4 Å². The quantitative estimate of drug-likeness (QED) is 0.793. The van der Waals surface area contributed by atoms with E-state index in [2.05, 4.69) is 17.2 Å². The molecule has 4 nitrogen and oxygen atoms in total. The van der Waals surface area contributed by atoms with Gasteiger partial charge in [0.05, 0.1) is 18.8 Å². The fourth-order valence-corrected chi connectivity index (χ4v) is 1.75. The predicted octanol–water partition coefficient (Wildman–Crippen LogP) is 2.00. The van der Waals surface area contributed by atoms with E-state index in [1.165, 1.54) is 5.56 Å². The molecule has 0 aliphatic heterocycles. The standard InChI is InChI=1S/C14H18N2O2/c1-12-10-14(18-9-5-8-17)16(15-12)11-13-6-3-2-4-7-13/h2-4,6-7,10,17H,5,8-9,11H2,1H3. The Balaban J connectivity index is 2.07. The molecular weight excluding hydrogens is 228 g/mol. The van der Waals surface area contributed by atoms with Gasteiger partial charge in [0, 0.05) is 19.1 Å². The first-order valence-corrected chi connectivity index (χ1v) is 6.11. The van der Waals surface area contributed by atoms with E-state index < -0.39 is 0 Å². The number of hydrogen-bond acceptors (Lipinski definition) is 3. The minimum absolute atomic E-state index is 0.145. The van der Waals surface area contributed by atoms with Gasteiger partial charge >= 0.3 is 0 Å². The van der Waals surface area contributed by atoms with Crippen molar-refractivity contribution in [1.29, 1.82) is 0 Å². The summed E-state index contributed by atoms with van der Waals surface area (Å²) in [6.07, 6.45) is 0.634. The lowest BCUT2D eigenvalue weighted by molar-refractivity contribution is 0.222. The van der Waals surface area contributed by atoms with Gasteiger partial charge in [-0.3, -0.25) is 0 Å². The first kappa shape index (κ1) is 12.6. The lowest BCUT2D eigenvalue weighted by Crippen LogP contribution is -2.08. The van der Waals surface area contributed by atoms with Crippen molar-refractivity contribution in [3.05, 3.63) is 47.7 Å². The first-order valence-electron chi connectivity index (χ1n) is 6.11. The lowest BCUT2D eigenvalue weighted by atomic mass is 10.2. The Kier molecular flexibility index (Phi) is 4.36. The molecule has 4 heteroatoms. The van der Waals surface area contributed by atoms with E-state index >= 15 is 0 Å². The maximum Gasteiger partial charge on any atom is 0.212 e. The zero-order valence-corrected chi connectivity index (χ0v) is 10.5. The van der Waals surface area contributed by atoms with Gasteiger partial charge in [0.2, 0.25) is 5.88 Å². The summed E-state index contributed by atoms with van der Waals surface area (Å²) >= 11 is 0. The SMILES string of the molecule is Cc1cc(OCCCO)n(Cc2ccccc2)n1. The number of hydrogen-bond donors (Lipinski definition) is 1. The van der Waals surface area contributed by atoms with Crippen molar-refractivity contribution in [1.82, 2.24) is 9.78 Å². The molecule has 2 rings (SSSR count). The zero-order chi connectivity index (χ0) is 12.8. The van der Waals surface area contributed by atoms with Crippen LogP contribution in [0.25, 0.3) is 0 Å². The van der Waals surface area contributed by atoms with Gasteiger partial charge in [0.1, 0.15) is 0 Å². The van der Waals surface area contributed by atoms with E-state index in [-0.39, 0.29) is 6.61 Å². The molecule has 0 saturated heterocycles. The summed E-state index contributed by atoms with van der Waals surface area (Å²) in [5.41, 5.74) is 2.12. The third-order valence-corrected chi connectivity index (χ3v) is 2.59. The summed E-state index contributed by atoms with van der Waals surface area (Å²) in [6, 6.07) is 12.1. The minimum Gasteiger partial charge on any atom is -0.478 e. The molecule has 0 amide bonds. The van der Waals surface area contributed by atoms with Crippen LogP contribution in [-0.2, 0) is 6.54 Å². The Labute approximate surface area is 107 Å². The van der Waals surface area contributed by atoms with Gasteiger partial charge in [-0.05, 0) is 12.5 Å². The summed E-state index contributed by atoms with van der Waals surface area (Å²) in [6.45, 7) is 3.30.